The van der Waals surface area contributed by atoms with Crippen LogP contribution in [-0.4, -0.2) is 41.5 Å². The SMILES string of the molecule is COc1cc2c(cc1OC)CN(C(=O)CC(c1ccsc1)n1cccc1)C(C(N)=O)C2. The van der Waals surface area contributed by atoms with Gasteiger partial charge in [-0.15, -0.1) is 0 Å². The minimum absolute atomic E-state index is 0.117. The third-order valence-corrected chi connectivity index (χ3v) is 6.47. The Morgan fingerprint density at radius 3 is 2.42 bits per heavy atom. The Morgan fingerprint density at radius 2 is 1.84 bits per heavy atom. The predicted octanol–water partition coefficient (Wildman–Crippen LogP) is 2.99. The largest absolute Gasteiger partial charge is 0.493 e. The molecule has 162 valence electrons. The Balaban J connectivity index is 1.64. The molecule has 2 amide bonds. The van der Waals surface area contributed by atoms with Gasteiger partial charge >= 0.3 is 0 Å². The van der Waals surface area contributed by atoms with E-state index in [9.17, 15) is 9.59 Å². The summed E-state index contributed by atoms with van der Waals surface area (Å²) in [6.45, 7) is 0.296. The smallest absolute Gasteiger partial charge is 0.240 e. The first-order valence-corrected chi connectivity index (χ1v) is 10.9. The normalized spacial score (nSPS) is 16.5. The van der Waals surface area contributed by atoms with Crippen molar-refractivity contribution in [3.8, 4) is 11.5 Å². The summed E-state index contributed by atoms with van der Waals surface area (Å²) in [7, 11) is 3.14. The van der Waals surface area contributed by atoms with Gasteiger partial charge in [-0.25, -0.2) is 0 Å². The van der Waals surface area contributed by atoms with E-state index < -0.39 is 11.9 Å². The lowest BCUT2D eigenvalue weighted by molar-refractivity contribution is -0.141. The van der Waals surface area contributed by atoms with Crippen LogP contribution in [0.25, 0.3) is 0 Å². The molecule has 0 bridgehead atoms. The van der Waals surface area contributed by atoms with Crippen LogP contribution in [0.3, 0.4) is 0 Å². The van der Waals surface area contributed by atoms with Gasteiger partial charge in [0.1, 0.15) is 6.04 Å². The maximum Gasteiger partial charge on any atom is 0.240 e. The lowest BCUT2D eigenvalue weighted by Gasteiger charge is -2.36. The highest BCUT2D eigenvalue weighted by molar-refractivity contribution is 7.08. The topological polar surface area (TPSA) is 86.8 Å². The number of hydrogen-bond donors (Lipinski definition) is 1. The number of ether oxygens (including phenoxy) is 2. The quantitative estimate of drug-likeness (QED) is 0.613. The standard InChI is InChI=1S/C23H25N3O4S/c1-29-20-10-16-9-19(23(24)28)26(13-17(16)11-21(20)30-2)22(27)12-18(15-5-8-31-14-15)25-6-3-4-7-25/h3-8,10-11,14,18-19H,9,12-13H2,1-2H3,(H2,24,28). The summed E-state index contributed by atoms with van der Waals surface area (Å²) in [6, 6.07) is 8.78. The van der Waals surface area contributed by atoms with Crippen molar-refractivity contribution in [2.45, 2.75) is 31.5 Å². The molecule has 0 aliphatic carbocycles. The lowest BCUT2D eigenvalue weighted by atomic mass is 9.92. The van der Waals surface area contributed by atoms with Gasteiger partial charge in [0.25, 0.3) is 0 Å². The van der Waals surface area contributed by atoms with E-state index in [1.165, 1.54) is 0 Å². The number of methoxy groups -OCH3 is 2. The number of fused-ring (bicyclic) bond motifs is 1. The van der Waals surface area contributed by atoms with Gasteiger partial charge in [0.05, 0.1) is 26.7 Å². The molecule has 2 aromatic heterocycles. The average Bonchev–Trinajstić information content (AvgIpc) is 3.49. The minimum Gasteiger partial charge on any atom is -0.493 e. The van der Waals surface area contributed by atoms with Crippen LogP contribution >= 0.6 is 11.3 Å². The molecular weight excluding hydrogens is 414 g/mol. The van der Waals surface area contributed by atoms with Crippen LogP contribution in [0.4, 0.5) is 0 Å². The fourth-order valence-electron chi connectivity index (χ4n) is 4.13. The molecule has 0 radical (unpaired) electrons. The molecule has 31 heavy (non-hydrogen) atoms. The lowest BCUT2D eigenvalue weighted by Crippen LogP contribution is -2.51. The average molecular weight is 440 g/mol. The Bertz CT molecular complexity index is 1030. The third kappa shape index (κ3) is 4.16. The Kier molecular flexibility index (Phi) is 5.99. The molecule has 1 aliphatic rings. The van der Waals surface area contributed by atoms with E-state index in [-0.39, 0.29) is 18.4 Å². The summed E-state index contributed by atoms with van der Waals surface area (Å²) < 4.78 is 12.8. The number of nitrogens with zero attached hydrogens (tertiary/aromatic N) is 2. The number of nitrogens with two attached hydrogens (primary N) is 1. The monoisotopic (exact) mass is 439 g/mol. The zero-order valence-corrected chi connectivity index (χ0v) is 18.3. The Labute approximate surface area is 185 Å². The summed E-state index contributed by atoms with van der Waals surface area (Å²) in [5.41, 5.74) is 8.63. The molecular formula is C23H25N3O4S. The number of aromatic nitrogens is 1. The molecule has 0 spiro atoms. The van der Waals surface area contributed by atoms with Crippen LogP contribution in [0.1, 0.15) is 29.2 Å². The van der Waals surface area contributed by atoms with Gasteiger partial charge in [-0.3, -0.25) is 9.59 Å². The first-order valence-electron chi connectivity index (χ1n) is 9.99. The zero-order chi connectivity index (χ0) is 22.0. The summed E-state index contributed by atoms with van der Waals surface area (Å²) in [5.74, 6) is 0.556. The molecule has 7 nitrogen and oxygen atoms in total. The summed E-state index contributed by atoms with van der Waals surface area (Å²) in [6.07, 6.45) is 4.48. The van der Waals surface area contributed by atoms with E-state index in [1.54, 1.807) is 30.5 Å². The highest BCUT2D eigenvalue weighted by atomic mass is 32.1. The van der Waals surface area contributed by atoms with E-state index in [4.69, 9.17) is 15.2 Å². The van der Waals surface area contributed by atoms with Crippen LogP contribution in [0.2, 0.25) is 0 Å². The maximum atomic E-state index is 13.5. The highest BCUT2D eigenvalue weighted by Crippen LogP contribution is 2.35. The summed E-state index contributed by atoms with van der Waals surface area (Å²) in [5, 5.41) is 4.05. The van der Waals surface area contributed by atoms with Crippen LogP contribution in [-0.2, 0) is 22.6 Å². The van der Waals surface area contributed by atoms with Gasteiger partial charge in [0.2, 0.25) is 11.8 Å². The van der Waals surface area contributed by atoms with Gasteiger partial charge in [-0.2, -0.15) is 11.3 Å². The molecule has 0 fully saturated rings. The second-order valence-electron chi connectivity index (χ2n) is 7.53. The number of amides is 2. The molecule has 2 N–H and O–H groups in total. The van der Waals surface area contributed by atoms with Gasteiger partial charge in [0, 0.05) is 25.4 Å². The van der Waals surface area contributed by atoms with Crippen molar-refractivity contribution >= 4 is 23.2 Å². The number of thiophene rings is 1. The van der Waals surface area contributed by atoms with Gasteiger partial charge < -0.3 is 24.7 Å². The molecule has 2 unspecified atom stereocenters. The molecule has 0 saturated carbocycles. The maximum absolute atomic E-state index is 13.5. The first kappa shape index (κ1) is 21.0. The number of carbonyl (C=O) groups excluding carboxylic acids is 2. The molecule has 1 aliphatic heterocycles. The van der Waals surface area contributed by atoms with Gasteiger partial charge in [0.15, 0.2) is 11.5 Å². The number of rotatable bonds is 7. The van der Waals surface area contributed by atoms with Crippen molar-refractivity contribution in [1.82, 2.24) is 9.47 Å². The van der Waals surface area contributed by atoms with Crippen molar-refractivity contribution in [3.05, 3.63) is 70.2 Å². The Morgan fingerprint density at radius 1 is 1.16 bits per heavy atom. The van der Waals surface area contributed by atoms with Crippen molar-refractivity contribution in [3.63, 3.8) is 0 Å². The van der Waals surface area contributed by atoms with Crippen molar-refractivity contribution in [2.24, 2.45) is 5.73 Å². The number of carbonyl (C=O) groups is 2. The van der Waals surface area contributed by atoms with E-state index in [2.05, 4.69) is 0 Å². The summed E-state index contributed by atoms with van der Waals surface area (Å²) in [4.78, 5) is 27.3. The number of primary amides is 1. The summed E-state index contributed by atoms with van der Waals surface area (Å²) >= 11 is 1.59. The van der Waals surface area contributed by atoms with Crippen molar-refractivity contribution < 1.29 is 19.1 Å². The van der Waals surface area contributed by atoms with Crippen molar-refractivity contribution in [2.75, 3.05) is 14.2 Å². The molecule has 8 heteroatoms. The van der Waals surface area contributed by atoms with Crippen molar-refractivity contribution in [1.29, 1.82) is 0 Å². The number of hydrogen-bond acceptors (Lipinski definition) is 5. The fourth-order valence-corrected chi connectivity index (χ4v) is 4.83. The van der Waals surface area contributed by atoms with Crippen LogP contribution in [0.5, 0.6) is 11.5 Å². The second kappa shape index (κ2) is 8.85. The zero-order valence-electron chi connectivity index (χ0n) is 17.5. The molecule has 3 aromatic rings. The third-order valence-electron chi connectivity index (χ3n) is 5.77. The predicted molar refractivity (Wildman–Crippen MR) is 118 cm³/mol. The van der Waals surface area contributed by atoms with Crippen LogP contribution in [0, 0.1) is 0 Å². The van der Waals surface area contributed by atoms with Gasteiger partial charge in [-0.05, 0) is 57.8 Å². The second-order valence-corrected chi connectivity index (χ2v) is 8.31. The molecule has 0 saturated heterocycles. The molecule has 3 heterocycles. The highest BCUT2D eigenvalue weighted by Gasteiger charge is 2.35. The van der Waals surface area contributed by atoms with Gasteiger partial charge in [-0.1, -0.05) is 0 Å². The van der Waals surface area contributed by atoms with E-state index in [0.29, 0.717) is 24.5 Å². The fraction of sp³-hybridized carbons (Fsp3) is 0.304. The number of benzene rings is 1. The Hall–Kier alpha value is -3.26. The van der Waals surface area contributed by atoms with Crippen LogP contribution < -0.4 is 15.2 Å². The minimum atomic E-state index is -0.703. The molecule has 2 atom stereocenters. The van der Waals surface area contributed by atoms with Crippen LogP contribution in [0.15, 0.2) is 53.5 Å². The van der Waals surface area contributed by atoms with E-state index >= 15 is 0 Å². The molecule has 1 aromatic carbocycles. The first-order chi connectivity index (χ1) is 15.0. The van der Waals surface area contributed by atoms with E-state index in [1.807, 2.05) is 58.1 Å². The molecule has 4 rings (SSSR count). The van der Waals surface area contributed by atoms with E-state index in [0.717, 1.165) is 16.7 Å².